The number of aliphatic hydroxyl groups excluding tert-OH is 1. The maximum absolute atomic E-state index is 15.3. The third kappa shape index (κ3) is 7.39. The third-order valence-corrected chi connectivity index (χ3v) is 16.9. The van der Waals surface area contributed by atoms with E-state index in [1.54, 1.807) is 12.0 Å². The van der Waals surface area contributed by atoms with Crippen LogP contribution in [0.25, 0.3) is 0 Å². The molecule has 2 saturated heterocycles. The molecule has 4 atom stereocenters. The summed E-state index contributed by atoms with van der Waals surface area (Å²) in [7, 11) is -0.847. The van der Waals surface area contributed by atoms with Gasteiger partial charge < -0.3 is 29.3 Å². The van der Waals surface area contributed by atoms with Crippen LogP contribution in [0, 0.1) is 5.92 Å². The predicted molar refractivity (Wildman–Crippen MR) is 221 cm³/mol. The van der Waals surface area contributed by atoms with E-state index in [1.807, 2.05) is 94.7 Å². The molecule has 0 radical (unpaired) electrons. The fourth-order valence-corrected chi connectivity index (χ4v) is 13.6. The van der Waals surface area contributed by atoms with Crippen LogP contribution in [0.15, 0.2) is 102 Å². The van der Waals surface area contributed by atoms with E-state index in [0.29, 0.717) is 26.1 Å². The molecule has 3 amide bonds. The van der Waals surface area contributed by atoms with E-state index >= 15 is 4.79 Å². The Hall–Kier alpha value is -4.29. The van der Waals surface area contributed by atoms with Crippen LogP contribution in [-0.4, -0.2) is 68.7 Å². The van der Waals surface area contributed by atoms with Crippen molar-refractivity contribution in [1.29, 1.82) is 0 Å². The van der Waals surface area contributed by atoms with Crippen molar-refractivity contribution in [2.24, 2.45) is 5.92 Å². The number of amides is 3. The standard InChI is InChI=1S/C44H50BrN3O6Si/c1-30-42(55(3,4)36-20-18-35(53-2)19-21-36)39(27-41(51)46(24-25-49)28-31-10-6-5-7-11-31)54-44(30)37-26-33(45)15-22-38(37)48(43(44)52)29-32-13-16-34(17-14-32)47-23-9-8-12-40(47)50/h5-7,10-11,13-22,26,30,39,42,49H,8-9,12,23-25,27-29H2,1-4H3/t30-,39+,42-,44+/m1/s1. The monoisotopic (exact) mass is 823 g/mol. The van der Waals surface area contributed by atoms with E-state index in [-0.39, 0.29) is 48.8 Å². The van der Waals surface area contributed by atoms with E-state index in [4.69, 9.17) is 9.47 Å². The lowest BCUT2D eigenvalue weighted by Gasteiger charge is -2.37. The van der Waals surface area contributed by atoms with Crippen molar-refractivity contribution in [1.82, 2.24) is 4.90 Å². The fourth-order valence-electron chi connectivity index (χ4n) is 9.20. The lowest BCUT2D eigenvalue weighted by molar-refractivity contribution is -0.150. The third-order valence-electron chi connectivity index (χ3n) is 12.0. The normalized spacial score (nSPS) is 22.3. The van der Waals surface area contributed by atoms with Gasteiger partial charge in [0.05, 0.1) is 46.5 Å². The van der Waals surface area contributed by atoms with Crippen LogP contribution in [-0.2, 0) is 37.8 Å². The van der Waals surface area contributed by atoms with Crippen molar-refractivity contribution in [3.8, 4) is 5.75 Å². The average molecular weight is 825 g/mol. The van der Waals surface area contributed by atoms with Gasteiger partial charge in [0.15, 0.2) is 5.60 Å². The molecule has 11 heteroatoms. The molecule has 0 aliphatic carbocycles. The van der Waals surface area contributed by atoms with Gasteiger partial charge in [-0.1, -0.05) is 95.7 Å². The number of ether oxygens (including phenoxy) is 2. The molecular formula is C44H50BrN3O6Si. The van der Waals surface area contributed by atoms with Gasteiger partial charge in [-0.05, 0) is 72.0 Å². The van der Waals surface area contributed by atoms with Gasteiger partial charge in [-0.3, -0.25) is 14.4 Å². The SMILES string of the molecule is COc1ccc([Si](C)(C)[C@H]2[C@H](CC(=O)N(CCO)Cc3ccccc3)O[C@@]3(C(=O)N(Cc4ccc(N5CCCCC5=O)cc4)c4ccc(Br)cc43)[C@@H]2C)cc1. The first-order valence-electron chi connectivity index (χ1n) is 19.2. The first kappa shape index (κ1) is 39.0. The summed E-state index contributed by atoms with van der Waals surface area (Å²) in [6.45, 7) is 8.17. The van der Waals surface area contributed by atoms with Gasteiger partial charge in [0.25, 0.3) is 5.91 Å². The summed E-state index contributed by atoms with van der Waals surface area (Å²) in [6.07, 6.45) is 1.98. The Balaban J connectivity index is 1.25. The summed E-state index contributed by atoms with van der Waals surface area (Å²) in [5.74, 6) is 0.363. The second-order valence-corrected chi connectivity index (χ2v) is 21.2. The number of anilines is 2. The van der Waals surface area contributed by atoms with E-state index in [2.05, 4.69) is 48.1 Å². The van der Waals surface area contributed by atoms with Gasteiger partial charge in [0.2, 0.25) is 11.8 Å². The molecule has 7 rings (SSSR count). The molecule has 3 heterocycles. The van der Waals surface area contributed by atoms with Crippen molar-refractivity contribution in [2.75, 3.05) is 36.6 Å². The number of piperidine rings is 1. The van der Waals surface area contributed by atoms with Gasteiger partial charge in [0.1, 0.15) is 5.75 Å². The molecule has 9 nitrogen and oxygen atoms in total. The number of benzene rings is 4. The Bertz CT molecular complexity index is 2030. The number of carbonyl (C=O) groups excluding carboxylic acids is 3. The van der Waals surface area contributed by atoms with E-state index in [9.17, 15) is 14.7 Å². The molecule has 0 saturated carbocycles. The average Bonchev–Trinajstić information content (AvgIpc) is 3.61. The molecule has 3 aliphatic heterocycles. The molecule has 4 aromatic rings. The summed E-state index contributed by atoms with van der Waals surface area (Å²) in [6, 6.07) is 31.8. The molecule has 1 N–H and O–H groups in total. The Kier molecular flexibility index (Phi) is 11.4. The molecule has 0 bridgehead atoms. The molecule has 4 aromatic carbocycles. The number of fused-ring (bicyclic) bond motifs is 2. The van der Waals surface area contributed by atoms with Crippen LogP contribution >= 0.6 is 15.9 Å². The molecular weight excluding hydrogens is 774 g/mol. The summed E-state index contributed by atoms with van der Waals surface area (Å²) < 4.78 is 13.6. The first-order valence-corrected chi connectivity index (χ1v) is 23.1. The zero-order valence-electron chi connectivity index (χ0n) is 32.0. The number of hydrogen-bond acceptors (Lipinski definition) is 6. The first-order chi connectivity index (χ1) is 26.5. The number of hydrogen-bond donors (Lipinski definition) is 1. The zero-order valence-corrected chi connectivity index (χ0v) is 34.6. The van der Waals surface area contributed by atoms with Gasteiger partial charge in [-0.2, -0.15) is 0 Å². The van der Waals surface area contributed by atoms with E-state index in [0.717, 1.165) is 51.1 Å². The minimum Gasteiger partial charge on any atom is -0.497 e. The lowest BCUT2D eigenvalue weighted by atomic mass is 9.82. The number of carbonyl (C=O) groups is 3. The molecule has 0 aromatic heterocycles. The van der Waals surface area contributed by atoms with Crippen LogP contribution in [0.4, 0.5) is 11.4 Å². The van der Waals surface area contributed by atoms with Crippen LogP contribution in [0.5, 0.6) is 5.75 Å². The molecule has 3 aliphatic rings. The fraction of sp³-hybridized carbons (Fsp3) is 0.386. The van der Waals surface area contributed by atoms with Crippen LogP contribution in [0.2, 0.25) is 18.6 Å². The van der Waals surface area contributed by atoms with Crippen LogP contribution < -0.4 is 19.7 Å². The minimum absolute atomic E-state index is 0.0729. The largest absolute Gasteiger partial charge is 0.497 e. The van der Waals surface area contributed by atoms with Crippen molar-refractivity contribution in [2.45, 2.75) is 76.0 Å². The van der Waals surface area contributed by atoms with Crippen LogP contribution in [0.1, 0.15) is 49.3 Å². The number of rotatable bonds is 12. The highest BCUT2D eigenvalue weighted by atomic mass is 79.9. The maximum atomic E-state index is 15.3. The van der Waals surface area contributed by atoms with Crippen molar-refractivity contribution < 1.29 is 29.0 Å². The summed E-state index contributed by atoms with van der Waals surface area (Å²) in [5.41, 5.74) is 2.92. The molecule has 1 spiro atoms. The second kappa shape index (κ2) is 16.1. The smallest absolute Gasteiger partial charge is 0.264 e. The summed E-state index contributed by atoms with van der Waals surface area (Å²) >= 11 is 3.70. The highest BCUT2D eigenvalue weighted by Crippen LogP contribution is 2.60. The Morgan fingerprint density at radius 1 is 0.982 bits per heavy atom. The Labute approximate surface area is 333 Å². The van der Waals surface area contributed by atoms with Crippen LogP contribution in [0.3, 0.4) is 0 Å². The molecule has 55 heavy (non-hydrogen) atoms. The quantitative estimate of drug-likeness (QED) is 0.153. The van der Waals surface area contributed by atoms with E-state index in [1.165, 1.54) is 5.19 Å². The zero-order chi connectivity index (χ0) is 38.9. The second-order valence-electron chi connectivity index (χ2n) is 15.6. The highest BCUT2D eigenvalue weighted by Gasteiger charge is 2.66. The van der Waals surface area contributed by atoms with Crippen molar-refractivity contribution >= 4 is 58.3 Å². The molecule has 288 valence electrons. The van der Waals surface area contributed by atoms with Gasteiger partial charge in [0, 0.05) is 47.7 Å². The maximum Gasteiger partial charge on any atom is 0.264 e. The number of aliphatic hydroxyl groups is 1. The lowest BCUT2D eigenvalue weighted by Crippen LogP contribution is -2.52. The van der Waals surface area contributed by atoms with E-state index < -0.39 is 19.8 Å². The van der Waals surface area contributed by atoms with Crippen molar-refractivity contribution in [3.05, 3.63) is 118 Å². The topological polar surface area (TPSA) is 99.6 Å². The Morgan fingerprint density at radius 3 is 2.38 bits per heavy atom. The van der Waals surface area contributed by atoms with Gasteiger partial charge in [-0.15, -0.1) is 0 Å². The van der Waals surface area contributed by atoms with Gasteiger partial charge >= 0.3 is 0 Å². The summed E-state index contributed by atoms with van der Waals surface area (Å²) in [5, 5.41) is 11.2. The Morgan fingerprint density at radius 2 is 1.71 bits per heavy atom. The number of nitrogens with zero attached hydrogens (tertiary/aromatic N) is 3. The summed E-state index contributed by atoms with van der Waals surface area (Å²) in [4.78, 5) is 47.6. The van der Waals surface area contributed by atoms with Gasteiger partial charge in [-0.25, -0.2) is 0 Å². The number of methoxy groups -OCH3 is 1. The van der Waals surface area contributed by atoms with Crippen molar-refractivity contribution in [3.63, 3.8) is 0 Å². The predicted octanol–water partition coefficient (Wildman–Crippen LogP) is 7.15. The number of halogens is 1. The minimum atomic E-state index is -2.50. The molecule has 0 unspecified atom stereocenters. The molecule has 2 fully saturated rings. The highest BCUT2D eigenvalue weighted by molar-refractivity contribution is 9.10.